The summed E-state index contributed by atoms with van der Waals surface area (Å²) in [5.41, 5.74) is 5.38. The molecule has 9 nitrogen and oxygen atoms in total. The van der Waals surface area contributed by atoms with Crippen LogP contribution >= 0.6 is 0 Å². The third-order valence-corrected chi connectivity index (χ3v) is 5.73. The first kappa shape index (κ1) is 20.3. The third-order valence-electron chi connectivity index (χ3n) is 5.73. The van der Waals surface area contributed by atoms with Crippen LogP contribution in [0.4, 0.5) is 0 Å². The topological polar surface area (TPSA) is 114 Å². The molecule has 4 heterocycles. The van der Waals surface area contributed by atoms with Crippen LogP contribution in [0, 0.1) is 6.92 Å². The van der Waals surface area contributed by atoms with Crippen molar-refractivity contribution in [1.29, 1.82) is 0 Å². The van der Waals surface area contributed by atoms with E-state index in [-0.39, 0.29) is 5.91 Å². The molecular weight excluding hydrogens is 404 g/mol. The maximum absolute atomic E-state index is 12.3. The first-order chi connectivity index (χ1) is 15.6. The molecule has 0 saturated heterocycles. The van der Waals surface area contributed by atoms with Crippen LogP contribution in [0.5, 0.6) is 0 Å². The minimum absolute atomic E-state index is 0.238. The molecule has 4 aromatic heterocycles. The molecule has 1 amide bonds. The zero-order chi connectivity index (χ0) is 21.9. The van der Waals surface area contributed by atoms with E-state index in [4.69, 9.17) is 0 Å². The molecule has 5 rings (SSSR count). The molecular formula is C23H26N8O. The van der Waals surface area contributed by atoms with E-state index in [2.05, 4.69) is 47.9 Å². The Morgan fingerprint density at radius 2 is 2.09 bits per heavy atom. The van der Waals surface area contributed by atoms with Crippen LogP contribution < -0.4 is 5.32 Å². The molecule has 1 fully saturated rings. The molecule has 0 radical (unpaired) electrons. The molecule has 32 heavy (non-hydrogen) atoms. The monoisotopic (exact) mass is 430 g/mol. The molecule has 0 spiro atoms. The Morgan fingerprint density at radius 3 is 2.91 bits per heavy atom. The molecule has 1 saturated carbocycles. The van der Waals surface area contributed by atoms with Gasteiger partial charge in [-0.1, -0.05) is 11.3 Å². The number of aromatic nitrogens is 7. The molecule has 1 aliphatic carbocycles. The number of aromatic amines is 1. The van der Waals surface area contributed by atoms with Crippen LogP contribution in [0.25, 0.3) is 11.0 Å². The molecule has 0 aromatic carbocycles. The van der Waals surface area contributed by atoms with Crippen LogP contribution in [0.1, 0.15) is 64.7 Å². The summed E-state index contributed by atoms with van der Waals surface area (Å²) in [5, 5.41) is 20.7. The number of aryl methyl sites for hydroxylation is 3. The van der Waals surface area contributed by atoms with Crippen LogP contribution in [0.15, 0.2) is 36.7 Å². The minimum Gasteiger partial charge on any atom is -0.346 e. The van der Waals surface area contributed by atoms with Crippen molar-refractivity contribution >= 4 is 16.9 Å². The van der Waals surface area contributed by atoms with E-state index < -0.39 is 0 Å². The summed E-state index contributed by atoms with van der Waals surface area (Å²) in [6.45, 7) is 3.04. The molecule has 0 bridgehead atoms. The maximum Gasteiger partial charge on any atom is 0.273 e. The lowest BCUT2D eigenvalue weighted by molar-refractivity contribution is 0.0946. The number of hydrogen-bond acceptors (Lipinski definition) is 6. The van der Waals surface area contributed by atoms with Crippen LogP contribution in [-0.2, 0) is 19.5 Å². The average Bonchev–Trinajstić information content (AvgIpc) is 3.39. The van der Waals surface area contributed by atoms with E-state index in [0.29, 0.717) is 24.7 Å². The summed E-state index contributed by atoms with van der Waals surface area (Å²) >= 11 is 0. The predicted octanol–water partition coefficient (Wildman–Crippen LogP) is 3.08. The molecule has 0 atom stereocenters. The second kappa shape index (κ2) is 8.86. The van der Waals surface area contributed by atoms with Crippen molar-refractivity contribution in [3.05, 3.63) is 65.0 Å². The smallest absolute Gasteiger partial charge is 0.273 e. The Hall–Kier alpha value is -3.62. The lowest BCUT2D eigenvalue weighted by Gasteiger charge is -2.03. The van der Waals surface area contributed by atoms with Crippen molar-refractivity contribution in [3.8, 4) is 0 Å². The Kier molecular flexibility index (Phi) is 5.62. The molecule has 4 aromatic rings. The number of unbranched alkanes of at least 4 members (excludes halogenated alkanes) is 1. The van der Waals surface area contributed by atoms with Crippen molar-refractivity contribution in [2.75, 3.05) is 0 Å². The molecule has 2 N–H and O–H groups in total. The molecule has 0 unspecified atom stereocenters. The Bertz CT molecular complexity index is 1220. The largest absolute Gasteiger partial charge is 0.346 e. The Balaban J connectivity index is 1.07. The van der Waals surface area contributed by atoms with Gasteiger partial charge in [-0.2, -0.15) is 5.10 Å². The molecule has 1 aliphatic rings. The van der Waals surface area contributed by atoms with Gasteiger partial charge in [-0.15, -0.1) is 10.2 Å². The van der Waals surface area contributed by atoms with Gasteiger partial charge in [-0.25, -0.2) is 0 Å². The SMILES string of the molecule is Cc1ccc(CNC(=O)c2cn(CCCCc3cc4cc(C5CC5)[nH]c4nn3)nn2)cn1. The van der Waals surface area contributed by atoms with Crippen LogP contribution in [0.2, 0.25) is 0 Å². The number of rotatable bonds is 9. The number of nitrogens with zero attached hydrogens (tertiary/aromatic N) is 6. The van der Waals surface area contributed by atoms with Gasteiger partial charge in [0.05, 0.1) is 11.9 Å². The summed E-state index contributed by atoms with van der Waals surface area (Å²) in [4.78, 5) is 19.9. The number of H-pyrrole nitrogens is 1. The highest BCUT2D eigenvalue weighted by molar-refractivity contribution is 5.91. The highest BCUT2D eigenvalue weighted by atomic mass is 16.2. The van der Waals surface area contributed by atoms with Gasteiger partial charge < -0.3 is 10.3 Å². The van der Waals surface area contributed by atoms with Gasteiger partial charge >= 0.3 is 0 Å². The number of pyridine rings is 1. The van der Waals surface area contributed by atoms with Gasteiger partial charge in [0.25, 0.3) is 5.91 Å². The van der Waals surface area contributed by atoms with Crippen molar-refractivity contribution in [2.24, 2.45) is 0 Å². The molecule has 164 valence electrons. The number of hydrogen-bond donors (Lipinski definition) is 2. The highest BCUT2D eigenvalue weighted by Crippen LogP contribution is 2.40. The quantitative estimate of drug-likeness (QED) is 0.395. The van der Waals surface area contributed by atoms with Crippen molar-refractivity contribution in [3.63, 3.8) is 0 Å². The lowest BCUT2D eigenvalue weighted by atomic mass is 10.1. The second-order valence-corrected chi connectivity index (χ2v) is 8.45. The van der Waals surface area contributed by atoms with Crippen molar-refractivity contribution in [1.82, 2.24) is 40.5 Å². The summed E-state index contributed by atoms with van der Waals surface area (Å²) in [6, 6.07) is 8.21. The standard InChI is InChI=1S/C23H26N8O/c1-15-5-6-16(12-24-15)13-25-23(32)21-14-31(30-28-21)9-3-2-4-19-10-18-11-20(17-7-8-17)26-22(18)29-27-19/h5-6,10-12,14,17H,2-4,7-9,13H2,1H3,(H,25,32)(H,26,29). The van der Waals surface area contributed by atoms with Crippen molar-refractivity contribution in [2.45, 2.75) is 58.0 Å². The van der Waals surface area contributed by atoms with E-state index in [1.54, 1.807) is 17.1 Å². The summed E-state index contributed by atoms with van der Waals surface area (Å²) in [6.07, 6.45) is 8.72. The average molecular weight is 431 g/mol. The number of carbonyl (C=O) groups excluding carboxylic acids is 1. The molecule has 9 heteroatoms. The summed E-state index contributed by atoms with van der Waals surface area (Å²) in [5.74, 6) is 0.444. The first-order valence-corrected chi connectivity index (χ1v) is 11.1. The number of fused-ring (bicyclic) bond motifs is 1. The Labute approximate surface area is 185 Å². The van der Waals surface area contributed by atoms with Gasteiger partial charge in [0.15, 0.2) is 11.3 Å². The van der Waals surface area contributed by atoms with E-state index in [9.17, 15) is 4.79 Å². The van der Waals surface area contributed by atoms with E-state index in [1.807, 2.05) is 19.1 Å². The lowest BCUT2D eigenvalue weighted by Crippen LogP contribution is -2.23. The fourth-order valence-corrected chi connectivity index (χ4v) is 3.70. The first-order valence-electron chi connectivity index (χ1n) is 11.1. The normalized spacial score (nSPS) is 13.5. The number of carbonyl (C=O) groups is 1. The summed E-state index contributed by atoms with van der Waals surface area (Å²) < 4.78 is 1.71. The Morgan fingerprint density at radius 1 is 1.19 bits per heavy atom. The fourth-order valence-electron chi connectivity index (χ4n) is 3.70. The van der Waals surface area contributed by atoms with Crippen molar-refractivity contribution < 1.29 is 4.79 Å². The van der Waals surface area contributed by atoms with Gasteiger partial charge in [0.1, 0.15) is 0 Å². The predicted molar refractivity (Wildman–Crippen MR) is 119 cm³/mol. The van der Waals surface area contributed by atoms with Crippen LogP contribution in [0.3, 0.4) is 0 Å². The molecule has 0 aliphatic heterocycles. The van der Waals surface area contributed by atoms with E-state index in [0.717, 1.165) is 47.2 Å². The van der Waals surface area contributed by atoms with E-state index >= 15 is 0 Å². The van der Waals surface area contributed by atoms with E-state index in [1.165, 1.54) is 18.5 Å². The maximum atomic E-state index is 12.3. The zero-order valence-electron chi connectivity index (χ0n) is 18.1. The number of amides is 1. The third kappa shape index (κ3) is 4.82. The summed E-state index contributed by atoms with van der Waals surface area (Å²) in [7, 11) is 0. The second-order valence-electron chi connectivity index (χ2n) is 8.45. The number of nitrogens with one attached hydrogen (secondary N) is 2. The fraction of sp³-hybridized carbons (Fsp3) is 0.391. The van der Waals surface area contributed by atoms with Gasteiger partial charge in [0, 0.05) is 36.1 Å². The minimum atomic E-state index is -0.238. The van der Waals surface area contributed by atoms with Gasteiger partial charge in [-0.3, -0.25) is 14.5 Å². The van der Waals surface area contributed by atoms with Gasteiger partial charge in [-0.05, 0) is 68.7 Å². The highest BCUT2D eigenvalue weighted by Gasteiger charge is 2.25. The van der Waals surface area contributed by atoms with Gasteiger partial charge in [0.2, 0.25) is 0 Å². The van der Waals surface area contributed by atoms with Crippen LogP contribution in [-0.4, -0.2) is 41.1 Å². The zero-order valence-corrected chi connectivity index (χ0v) is 18.1.